The Labute approximate surface area is 173 Å². The lowest BCUT2D eigenvalue weighted by atomic mass is 10.1. The fourth-order valence-electron chi connectivity index (χ4n) is 2.60. The van der Waals surface area contributed by atoms with Gasteiger partial charge in [-0.3, -0.25) is 4.79 Å². The summed E-state index contributed by atoms with van der Waals surface area (Å²) in [5, 5.41) is 5.07. The maximum Gasteiger partial charge on any atom is 0.358 e. The number of esters is 1. The second-order valence-electron chi connectivity index (χ2n) is 6.36. The lowest BCUT2D eigenvalue weighted by Crippen LogP contribution is -2.30. The third-order valence-corrected chi connectivity index (χ3v) is 5.20. The van der Waals surface area contributed by atoms with Gasteiger partial charge in [-0.1, -0.05) is 37.3 Å². The number of amides is 1. The average Bonchev–Trinajstić information content (AvgIpc) is 3.24. The molecule has 2 aromatic carbocycles. The number of anilines is 1. The molecule has 0 unspecified atom stereocenters. The molecule has 1 N–H and O–H groups in total. The van der Waals surface area contributed by atoms with Crippen molar-refractivity contribution in [1.82, 2.24) is 4.98 Å². The number of aromatic nitrogens is 1. The van der Waals surface area contributed by atoms with E-state index in [1.54, 1.807) is 36.8 Å². The molecule has 150 valence electrons. The molecule has 0 saturated heterocycles. The summed E-state index contributed by atoms with van der Waals surface area (Å²) < 4.78 is 10.4. The molecule has 0 radical (unpaired) electrons. The van der Waals surface area contributed by atoms with Gasteiger partial charge in [0.25, 0.3) is 5.91 Å². The SMILES string of the molecule is CCc1ccc(-c2nc(C(=O)O[C@@H](C)C(=O)Nc3cccc(OC)c3)cs2)cc1. The summed E-state index contributed by atoms with van der Waals surface area (Å²) in [7, 11) is 1.55. The van der Waals surface area contributed by atoms with Crippen molar-refractivity contribution in [1.29, 1.82) is 0 Å². The number of thiazole rings is 1. The van der Waals surface area contributed by atoms with Crippen LogP contribution in [0.1, 0.15) is 29.9 Å². The highest BCUT2D eigenvalue weighted by Gasteiger charge is 2.21. The van der Waals surface area contributed by atoms with Crippen LogP contribution in [0.3, 0.4) is 0 Å². The first-order chi connectivity index (χ1) is 14.0. The minimum atomic E-state index is -0.970. The number of hydrogen-bond donors (Lipinski definition) is 1. The molecule has 1 aromatic heterocycles. The Bertz CT molecular complexity index is 998. The molecule has 0 aliphatic heterocycles. The molecule has 0 aliphatic rings. The summed E-state index contributed by atoms with van der Waals surface area (Å²) in [6, 6.07) is 15.0. The molecular weight excluding hydrogens is 388 g/mol. The molecule has 3 rings (SSSR count). The molecule has 6 nitrogen and oxygen atoms in total. The smallest absolute Gasteiger partial charge is 0.358 e. The lowest BCUT2D eigenvalue weighted by molar-refractivity contribution is -0.123. The van der Waals surface area contributed by atoms with E-state index >= 15 is 0 Å². The van der Waals surface area contributed by atoms with E-state index in [1.807, 2.05) is 24.3 Å². The van der Waals surface area contributed by atoms with Crippen LogP contribution < -0.4 is 10.1 Å². The Morgan fingerprint density at radius 2 is 1.93 bits per heavy atom. The van der Waals surface area contributed by atoms with Gasteiger partial charge in [0.2, 0.25) is 0 Å². The number of nitrogens with zero attached hydrogens (tertiary/aromatic N) is 1. The molecule has 1 heterocycles. The van der Waals surface area contributed by atoms with Gasteiger partial charge in [0, 0.05) is 22.7 Å². The number of carbonyl (C=O) groups is 2. The zero-order valence-electron chi connectivity index (χ0n) is 16.5. The number of aryl methyl sites for hydroxylation is 1. The van der Waals surface area contributed by atoms with Crippen LogP contribution in [0.15, 0.2) is 53.9 Å². The summed E-state index contributed by atoms with van der Waals surface area (Å²) in [6.07, 6.45) is -0.00600. The number of hydrogen-bond acceptors (Lipinski definition) is 6. The second kappa shape index (κ2) is 9.34. The molecule has 0 aliphatic carbocycles. The van der Waals surface area contributed by atoms with Crippen molar-refractivity contribution in [3.63, 3.8) is 0 Å². The van der Waals surface area contributed by atoms with Gasteiger partial charge < -0.3 is 14.8 Å². The van der Waals surface area contributed by atoms with Crippen LogP contribution in [-0.4, -0.2) is 30.1 Å². The van der Waals surface area contributed by atoms with E-state index in [1.165, 1.54) is 23.8 Å². The van der Waals surface area contributed by atoms with Crippen molar-refractivity contribution >= 4 is 28.9 Å². The molecule has 0 saturated carbocycles. The third kappa shape index (κ3) is 5.20. The molecule has 0 bridgehead atoms. The van der Waals surface area contributed by atoms with Gasteiger partial charge in [-0.15, -0.1) is 11.3 Å². The van der Waals surface area contributed by atoms with Gasteiger partial charge >= 0.3 is 5.97 Å². The first-order valence-electron chi connectivity index (χ1n) is 9.21. The Morgan fingerprint density at radius 3 is 2.62 bits per heavy atom. The summed E-state index contributed by atoms with van der Waals surface area (Å²) in [4.78, 5) is 29.0. The molecule has 3 aromatic rings. The van der Waals surface area contributed by atoms with Crippen LogP contribution in [0.4, 0.5) is 5.69 Å². The summed E-state index contributed by atoms with van der Waals surface area (Å²) in [6.45, 7) is 3.61. The Hall–Kier alpha value is -3.19. The van der Waals surface area contributed by atoms with Crippen LogP contribution in [0.2, 0.25) is 0 Å². The maximum absolute atomic E-state index is 12.4. The number of methoxy groups -OCH3 is 1. The average molecular weight is 410 g/mol. The lowest BCUT2D eigenvalue weighted by Gasteiger charge is -2.13. The summed E-state index contributed by atoms with van der Waals surface area (Å²) in [5.74, 6) is -0.447. The monoisotopic (exact) mass is 410 g/mol. The number of rotatable bonds is 7. The van der Waals surface area contributed by atoms with E-state index in [9.17, 15) is 9.59 Å². The molecule has 29 heavy (non-hydrogen) atoms. The predicted molar refractivity (Wildman–Crippen MR) is 113 cm³/mol. The van der Waals surface area contributed by atoms with Crippen LogP contribution >= 0.6 is 11.3 Å². The molecule has 7 heteroatoms. The number of benzene rings is 2. The van der Waals surface area contributed by atoms with Crippen LogP contribution in [0, 0.1) is 0 Å². The number of carbonyl (C=O) groups excluding carboxylic acids is 2. The molecule has 0 fully saturated rings. The minimum absolute atomic E-state index is 0.186. The molecule has 1 amide bonds. The fourth-order valence-corrected chi connectivity index (χ4v) is 3.40. The maximum atomic E-state index is 12.4. The number of nitrogens with one attached hydrogen (secondary N) is 1. The van der Waals surface area contributed by atoms with Gasteiger partial charge in [-0.25, -0.2) is 9.78 Å². The highest BCUT2D eigenvalue weighted by Crippen LogP contribution is 2.25. The van der Waals surface area contributed by atoms with Gasteiger partial charge in [0.05, 0.1) is 7.11 Å². The summed E-state index contributed by atoms with van der Waals surface area (Å²) >= 11 is 1.36. The Morgan fingerprint density at radius 1 is 1.17 bits per heavy atom. The van der Waals surface area contributed by atoms with Crippen molar-refractivity contribution in [2.24, 2.45) is 0 Å². The zero-order chi connectivity index (χ0) is 20.8. The highest BCUT2D eigenvalue weighted by molar-refractivity contribution is 7.13. The van der Waals surface area contributed by atoms with Gasteiger partial charge in [-0.2, -0.15) is 0 Å². The van der Waals surface area contributed by atoms with Gasteiger partial charge in [0.1, 0.15) is 10.8 Å². The predicted octanol–water partition coefficient (Wildman–Crippen LogP) is 4.57. The van der Waals surface area contributed by atoms with Crippen LogP contribution in [-0.2, 0) is 16.0 Å². The van der Waals surface area contributed by atoms with E-state index in [0.29, 0.717) is 11.4 Å². The number of ether oxygens (including phenoxy) is 2. The van der Waals surface area contributed by atoms with Crippen LogP contribution in [0.25, 0.3) is 10.6 Å². The zero-order valence-corrected chi connectivity index (χ0v) is 17.3. The van der Waals surface area contributed by atoms with Crippen molar-refractivity contribution in [2.75, 3.05) is 12.4 Å². The highest BCUT2D eigenvalue weighted by atomic mass is 32.1. The molecule has 1 atom stereocenters. The van der Waals surface area contributed by atoms with E-state index in [4.69, 9.17) is 9.47 Å². The topological polar surface area (TPSA) is 77.5 Å². The second-order valence-corrected chi connectivity index (χ2v) is 7.22. The molecule has 0 spiro atoms. The standard InChI is InChI=1S/C22H22N2O4S/c1-4-15-8-10-16(11-9-15)21-24-19(13-29-21)22(26)28-14(2)20(25)23-17-6-5-7-18(12-17)27-3/h5-14H,4H2,1-3H3,(H,23,25)/t14-/m0/s1. The van der Waals surface area contributed by atoms with E-state index < -0.39 is 18.0 Å². The van der Waals surface area contributed by atoms with Gasteiger partial charge in [0.15, 0.2) is 11.8 Å². The summed E-state index contributed by atoms with van der Waals surface area (Å²) in [5.41, 5.74) is 2.92. The van der Waals surface area contributed by atoms with Crippen molar-refractivity contribution in [3.05, 3.63) is 65.2 Å². The van der Waals surface area contributed by atoms with E-state index in [2.05, 4.69) is 17.2 Å². The van der Waals surface area contributed by atoms with E-state index in [0.717, 1.165) is 17.0 Å². The van der Waals surface area contributed by atoms with Crippen molar-refractivity contribution < 1.29 is 19.1 Å². The first-order valence-corrected chi connectivity index (χ1v) is 10.1. The fraction of sp³-hybridized carbons (Fsp3) is 0.227. The quantitative estimate of drug-likeness (QED) is 0.578. The first kappa shape index (κ1) is 20.5. The Balaban J connectivity index is 1.61. The van der Waals surface area contributed by atoms with Crippen molar-refractivity contribution in [3.8, 4) is 16.3 Å². The molecular formula is C22H22N2O4S. The Kier molecular flexibility index (Phi) is 6.61. The van der Waals surface area contributed by atoms with Gasteiger partial charge in [-0.05, 0) is 31.0 Å². The largest absolute Gasteiger partial charge is 0.497 e. The van der Waals surface area contributed by atoms with E-state index in [-0.39, 0.29) is 5.69 Å². The normalized spacial score (nSPS) is 11.6. The van der Waals surface area contributed by atoms with Crippen LogP contribution in [0.5, 0.6) is 5.75 Å². The third-order valence-electron chi connectivity index (χ3n) is 4.31. The minimum Gasteiger partial charge on any atom is -0.497 e. The van der Waals surface area contributed by atoms with Crippen molar-refractivity contribution in [2.45, 2.75) is 26.4 Å².